The van der Waals surface area contributed by atoms with Crippen LogP contribution in [-0.4, -0.2) is 19.3 Å². The highest BCUT2D eigenvalue weighted by molar-refractivity contribution is 5.48. The average Bonchev–Trinajstić information content (AvgIpc) is 2.84. The Bertz CT molecular complexity index is 896. The number of pyridine rings is 1. The summed E-state index contributed by atoms with van der Waals surface area (Å²) < 4.78 is 40.3. The van der Waals surface area contributed by atoms with Crippen LogP contribution in [0.1, 0.15) is 11.1 Å². The minimum atomic E-state index is -4.38. The first-order valence-corrected chi connectivity index (χ1v) is 7.07. The van der Waals surface area contributed by atoms with Gasteiger partial charge in [0.25, 0.3) is 0 Å². The molecule has 2 heterocycles. The lowest BCUT2D eigenvalue weighted by Gasteiger charge is -2.07. The van der Waals surface area contributed by atoms with Crippen LogP contribution in [0.4, 0.5) is 13.2 Å². The molecule has 0 spiro atoms. The Morgan fingerprint density at radius 2 is 1.79 bits per heavy atom. The van der Waals surface area contributed by atoms with Gasteiger partial charge in [0.15, 0.2) is 5.82 Å². The van der Waals surface area contributed by atoms with Gasteiger partial charge in [0.1, 0.15) is 5.69 Å². The predicted molar refractivity (Wildman–Crippen MR) is 81.2 cm³/mol. The second-order valence-corrected chi connectivity index (χ2v) is 5.23. The molecule has 0 saturated carbocycles. The van der Waals surface area contributed by atoms with Crippen LogP contribution in [0, 0.1) is 0 Å². The van der Waals surface area contributed by atoms with E-state index in [1.54, 1.807) is 31.4 Å². The third kappa shape index (κ3) is 3.08. The van der Waals surface area contributed by atoms with Crippen LogP contribution in [0.2, 0.25) is 0 Å². The molecule has 0 saturated heterocycles. The van der Waals surface area contributed by atoms with Crippen LogP contribution in [-0.2, 0) is 19.8 Å². The fourth-order valence-corrected chi connectivity index (χ4v) is 2.28. The maximum absolute atomic E-state index is 12.6. The van der Waals surface area contributed by atoms with E-state index in [0.29, 0.717) is 17.1 Å². The van der Waals surface area contributed by atoms with Crippen LogP contribution in [0.25, 0.3) is 11.5 Å². The molecule has 0 fully saturated rings. The fraction of sp³-hybridized carbons (Fsp3) is 0.188. The average molecular weight is 334 g/mol. The maximum atomic E-state index is 12.6. The van der Waals surface area contributed by atoms with Crippen LogP contribution in [0.3, 0.4) is 0 Å². The molecular weight excluding hydrogens is 321 g/mol. The maximum Gasteiger partial charge on any atom is 0.416 e. The SMILES string of the molecule is Cn1c(-c2ccccn2)nn(Cc2ccc(C(F)(F)F)cc2)c1=O. The molecule has 0 unspecified atom stereocenters. The van der Waals surface area contributed by atoms with E-state index in [4.69, 9.17) is 0 Å². The Kier molecular flexibility index (Phi) is 3.96. The van der Waals surface area contributed by atoms with Gasteiger partial charge >= 0.3 is 11.9 Å². The van der Waals surface area contributed by atoms with Crippen molar-refractivity contribution >= 4 is 0 Å². The predicted octanol–water partition coefficient (Wildman–Crippen LogP) is 2.71. The van der Waals surface area contributed by atoms with Crippen molar-refractivity contribution < 1.29 is 13.2 Å². The number of benzene rings is 1. The summed E-state index contributed by atoms with van der Waals surface area (Å²) in [5.74, 6) is 0.396. The van der Waals surface area contributed by atoms with Crippen LogP contribution >= 0.6 is 0 Å². The number of nitrogens with zero attached hydrogens (tertiary/aromatic N) is 4. The Labute approximate surface area is 135 Å². The summed E-state index contributed by atoms with van der Waals surface area (Å²) in [6, 6.07) is 9.91. The first-order valence-electron chi connectivity index (χ1n) is 7.07. The van der Waals surface area contributed by atoms with Gasteiger partial charge in [-0.25, -0.2) is 9.48 Å². The fourth-order valence-electron chi connectivity index (χ4n) is 2.28. The second kappa shape index (κ2) is 5.95. The van der Waals surface area contributed by atoms with Gasteiger partial charge in [-0.15, -0.1) is 5.10 Å². The molecule has 0 N–H and O–H groups in total. The quantitative estimate of drug-likeness (QED) is 0.740. The van der Waals surface area contributed by atoms with Crippen molar-refractivity contribution in [2.24, 2.45) is 7.05 Å². The summed E-state index contributed by atoms with van der Waals surface area (Å²) in [4.78, 5) is 16.4. The molecule has 3 rings (SSSR count). The molecule has 1 aromatic carbocycles. The molecule has 0 aliphatic rings. The second-order valence-electron chi connectivity index (χ2n) is 5.23. The minimum absolute atomic E-state index is 0.0810. The summed E-state index contributed by atoms with van der Waals surface area (Å²) in [5, 5.41) is 4.23. The van der Waals surface area contributed by atoms with Crippen LogP contribution < -0.4 is 5.69 Å². The zero-order valence-electron chi connectivity index (χ0n) is 12.7. The van der Waals surface area contributed by atoms with E-state index in [0.717, 1.165) is 12.1 Å². The van der Waals surface area contributed by atoms with Crippen LogP contribution in [0.5, 0.6) is 0 Å². The smallest absolute Gasteiger partial charge is 0.277 e. The zero-order valence-corrected chi connectivity index (χ0v) is 12.7. The molecule has 0 radical (unpaired) electrons. The molecule has 0 bridgehead atoms. The topological polar surface area (TPSA) is 52.7 Å². The highest BCUT2D eigenvalue weighted by atomic mass is 19.4. The van der Waals surface area contributed by atoms with Gasteiger partial charge in [0, 0.05) is 13.2 Å². The number of alkyl halides is 3. The zero-order chi connectivity index (χ0) is 17.3. The number of rotatable bonds is 3. The molecule has 0 aliphatic heterocycles. The Morgan fingerprint density at radius 3 is 2.38 bits per heavy atom. The largest absolute Gasteiger partial charge is 0.416 e. The lowest BCUT2D eigenvalue weighted by Crippen LogP contribution is -2.23. The summed E-state index contributed by atoms with van der Waals surface area (Å²) in [7, 11) is 1.57. The monoisotopic (exact) mass is 334 g/mol. The number of aromatic nitrogens is 4. The van der Waals surface area contributed by atoms with Crippen molar-refractivity contribution in [2.75, 3.05) is 0 Å². The lowest BCUT2D eigenvalue weighted by molar-refractivity contribution is -0.137. The van der Waals surface area contributed by atoms with Gasteiger partial charge in [0.05, 0.1) is 12.1 Å². The molecule has 0 aliphatic carbocycles. The van der Waals surface area contributed by atoms with Crippen molar-refractivity contribution in [3.63, 3.8) is 0 Å². The summed E-state index contributed by atoms with van der Waals surface area (Å²) in [6.07, 6.45) is -2.79. The molecule has 5 nitrogen and oxygen atoms in total. The molecule has 0 amide bonds. The van der Waals surface area contributed by atoms with Gasteiger partial charge in [-0.05, 0) is 29.8 Å². The minimum Gasteiger partial charge on any atom is -0.277 e. The van der Waals surface area contributed by atoms with E-state index in [2.05, 4.69) is 10.1 Å². The first-order chi connectivity index (χ1) is 11.4. The van der Waals surface area contributed by atoms with E-state index in [1.165, 1.54) is 21.4 Å². The highest BCUT2D eigenvalue weighted by Crippen LogP contribution is 2.29. The third-order valence-electron chi connectivity index (χ3n) is 3.55. The summed E-state index contributed by atoms with van der Waals surface area (Å²) in [5.41, 5.74) is 0.00313. The highest BCUT2D eigenvalue weighted by Gasteiger charge is 2.29. The molecule has 8 heteroatoms. The van der Waals surface area contributed by atoms with E-state index in [-0.39, 0.29) is 12.2 Å². The summed E-state index contributed by atoms with van der Waals surface area (Å²) in [6.45, 7) is 0.0810. The van der Waals surface area contributed by atoms with Crippen LogP contribution in [0.15, 0.2) is 53.5 Å². The Balaban J connectivity index is 1.90. The van der Waals surface area contributed by atoms with Gasteiger partial charge in [-0.1, -0.05) is 18.2 Å². The third-order valence-corrected chi connectivity index (χ3v) is 3.55. The summed E-state index contributed by atoms with van der Waals surface area (Å²) >= 11 is 0. The molecule has 2 aromatic heterocycles. The van der Waals surface area contributed by atoms with E-state index in [1.807, 2.05) is 0 Å². The normalized spacial score (nSPS) is 11.7. The van der Waals surface area contributed by atoms with Crippen molar-refractivity contribution in [1.29, 1.82) is 0 Å². The van der Waals surface area contributed by atoms with E-state index in [9.17, 15) is 18.0 Å². The Hall–Kier alpha value is -2.90. The number of hydrogen-bond donors (Lipinski definition) is 0. The van der Waals surface area contributed by atoms with Gasteiger partial charge in [0.2, 0.25) is 0 Å². The Morgan fingerprint density at radius 1 is 1.08 bits per heavy atom. The molecule has 24 heavy (non-hydrogen) atoms. The van der Waals surface area contributed by atoms with Crippen molar-refractivity contribution in [1.82, 2.24) is 19.3 Å². The molecular formula is C16H13F3N4O. The molecule has 3 aromatic rings. The first kappa shape index (κ1) is 16.0. The van der Waals surface area contributed by atoms with Gasteiger partial charge in [-0.2, -0.15) is 13.2 Å². The van der Waals surface area contributed by atoms with E-state index < -0.39 is 11.7 Å². The molecule has 124 valence electrons. The number of halogens is 3. The number of hydrogen-bond acceptors (Lipinski definition) is 3. The lowest BCUT2D eigenvalue weighted by atomic mass is 10.1. The molecule has 0 atom stereocenters. The van der Waals surface area contributed by atoms with Gasteiger partial charge < -0.3 is 0 Å². The van der Waals surface area contributed by atoms with Gasteiger partial charge in [-0.3, -0.25) is 9.55 Å². The van der Waals surface area contributed by atoms with E-state index >= 15 is 0 Å². The van der Waals surface area contributed by atoms with Crippen molar-refractivity contribution in [3.05, 3.63) is 70.3 Å². The standard InChI is InChI=1S/C16H13F3N4O/c1-22-14(13-4-2-3-9-20-13)21-23(15(22)24)10-11-5-7-12(8-6-11)16(17,18)19/h2-9H,10H2,1H3. The van der Waals surface area contributed by atoms with Crippen molar-refractivity contribution in [3.8, 4) is 11.5 Å². The van der Waals surface area contributed by atoms with Crippen molar-refractivity contribution in [2.45, 2.75) is 12.7 Å².